The van der Waals surface area contributed by atoms with E-state index in [0.717, 1.165) is 42.5 Å². The molecule has 37 heavy (non-hydrogen) atoms. The average Bonchev–Trinajstić information content (AvgIpc) is 3.47. The predicted molar refractivity (Wildman–Crippen MR) is 145 cm³/mol. The van der Waals surface area contributed by atoms with Crippen molar-refractivity contribution in [2.75, 3.05) is 27.2 Å². The summed E-state index contributed by atoms with van der Waals surface area (Å²) in [5, 5.41) is 20.9. The van der Waals surface area contributed by atoms with Gasteiger partial charge in [-0.05, 0) is 63.0 Å². The van der Waals surface area contributed by atoms with Crippen LogP contribution in [0.3, 0.4) is 0 Å². The first-order valence-electron chi connectivity index (χ1n) is 12.9. The molecule has 1 aliphatic carbocycles. The highest BCUT2D eigenvalue weighted by Crippen LogP contribution is 2.51. The molecule has 1 aromatic carbocycles. The van der Waals surface area contributed by atoms with Crippen molar-refractivity contribution in [3.8, 4) is 17.0 Å². The van der Waals surface area contributed by atoms with Gasteiger partial charge in [-0.2, -0.15) is 0 Å². The summed E-state index contributed by atoms with van der Waals surface area (Å²) >= 11 is 0. The number of aryl methyl sites for hydroxylation is 1. The third kappa shape index (κ3) is 4.08. The van der Waals surface area contributed by atoms with Crippen molar-refractivity contribution in [2.24, 2.45) is 18.4 Å². The molecular formula is C29H36N4O4. The number of likely N-dealkylation sites (tertiary alicyclic amines) is 1. The van der Waals surface area contributed by atoms with Gasteiger partial charge >= 0.3 is 5.97 Å². The second-order valence-corrected chi connectivity index (χ2v) is 11.0. The van der Waals surface area contributed by atoms with Crippen molar-refractivity contribution in [2.45, 2.75) is 38.8 Å². The molecule has 3 unspecified atom stereocenters. The summed E-state index contributed by atoms with van der Waals surface area (Å²) < 4.78 is 2.21. The lowest BCUT2D eigenvalue weighted by atomic mass is 9.81. The number of H-pyrrole nitrogens is 1. The van der Waals surface area contributed by atoms with E-state index in [4.69, 9.17) is 0 Å². The minimum Gasteiger partial charge on any atom is -0.506 e. The summed E-state index contributed by atoms with van der Waals surface area (Å²) in [4.78, 5) is 31.5. The highest BCUT2D eigenvalue weighted by Gasteiger charge is 2.51. The van der Waals surface area contributed by atoms with Gasteiger partial charge in [-0.3, -0.25) is 9.69 Å². The molecule has 8 heteroatoms. The summed E-state index contributed by atoms with van der Waals surface area (Å²) in [6, 6.07) is 8.72. The van der Waals surface area contributed by atoms with Crippen LogP contribution in [0, 0.1) is 11.3 Å². The highest BCUT2D eigenvalue weighted by atomic mass is 16.4. The molecule has 0 bridgehead atoms. The minimum atomic E-state index is -1.44. The summed E-state index contributed by atoms with van der Waals surface area (Å²) in [7, 11) is 6.42. The Kier molecular flexibility index (Phi) is 6.28. The minimum absolute atomic E-state index is 0.180. The lowest BCUT2D eigenvalue weighted by Gasteiger charge is -2.27. The molecular weight excluding hydrogens is 468 g/mol. The molecule has 0 spiro atoms. The van der Waals surface area contributed by atoms with Crippen LogP contribution in [0.1, 0.15) is 41.4 Å². The molecule has 0 amide bonds. The van der Waals surface area contributed by atoms with Gasteiger partial charge in [-0.1, -0.05) is 19.1 Å². The van der Waals surface area contributed by atoms with Gasteiger partial charge in [0, 0.05) is 60.3 Å². The number of pyridine rings is 1. The quantitative estimate of drug-likeness (QED) is 0.423. The second-order valence-electron chi connectivity index (χ2n) is 11.0. The van der Waals surface area contributed by atoms with Crippen molar-refractivity contribution >= 4 is 16.9 Å². The highest BCUT2D eigenvalue weighted by molar-refractivity contribution is 5.92. The number of aromatic amines is 1. The average molecular weight is 505 g/mol. The number of aromatic nitrogens is 2. The van der Waals surface area contributed by atoms with Gasteiger partial charge in [-0.25, -0.2) is 4.79 Å². The number of nitrogens with zero attached hydrogens (tertiary/aromatic N) is 3. The Morgan fingerprint density at radius 2 is 2.08 bits per heavy atom. The zero-order valence-electron chi connectivity index (χ0n) is 22.0. The number of nitrogens with one attached hydrogen (secondary N) is 1. The van der Waals surface area contributed by atoms with Gasteiger partial charge < -0.3 is 24.7 Å². The first-order valence-corrected chi connectivity index (χ1v) is 12.9. The maximum absolute atomic E-state index is 12.4. The number of aromatic carboxylic acids is 1. The number of carboxylic acid groups (broad SMARTS) is 1. The van der Waals surface area contributed by atoms with Gasteiger partial charge in [0.1, 0.15) is 5.75 Å². The predicted octanol–water partition coefficient (Wildman–Crippen LogP) is 3.83. The number of hydrogen-bond acceptors (Lipinski definition) is 5. The van der Waals surface area contributed by atoms with Crippen LogP contribution in [-0.2, 0) is 20.0 Å². The van der Waals surface area contributed by atoms with E-state index >= 15 is 0 Å². The summed E-state index contributed by atoms with van der Waals surface area (Å²) in [5.41, 5.74) is 2.66. The molecule has 3 N–H and O–H groups in total. The monoisotopic (exact) mass is 504 g/mol. The molecule has 3 aromatic rings. The van der Waals surface area contributed by atoms with E-state index in [1.807, 2.05) is 25.1 Å². The normalized spacial score (nSPS) is 23.7. The number of fused-ring (bicyclic) bond motifs is 2. The number of carbonyl (C=O) groups is 1. The van der Waals surface area contributed by atoms with Crippen LogP contribution in [0.5, 0.6) is 5.75 Å². The van der Waals surface area contributed by atoms with Gasteiger partial charge in [0.15, 0.2) is 5.56 Å². The van der Waals surface area contributed by atoms with E-state index in [9.17, 15) is 19.8 Å². The Morgan fingerprint density at radius 1 is 1.32 bits per heavy atom. The molecule has 1 aliphatic heterocycles. The van der Waals surface area contributed by atoms with Crippen molar-refractivity contribution in [3.63, 3.8) is 0 Å². The van der Waals surface area contributed by atoms with Crippen LogP contribution in [0.2, 0.25) is 0 Å². The molecule has 1 saturated heterocycles. The lowest BCUT2D eigenvalue weighted by molar-refractivity contribution is 0.0691. The standard InChI is InChI=1S/C29H36N4O4/c1-6-22-25(30-27(35)24(26(22)34)28(36)37)17-8-9-23-18(10-17)11-21(32(23)5)15-33-14-19-12-20(31(3)4)13-29(19,7-2)16-33/h7-11,19-20H,2,6,12-16H2,1,3-5H3,(H,36,37)(H2,30,34,35). The fourth-order valence-electron chi connectivity index (χ4n) is 6.68. The van der Waals surface area contributed by atoms with Crippen LogP contribution in [0.15, 0.2) is 41.7 Å². The Bertz CT molecular complexity index is 1450. The third-order valence-corrected chi connectivity index (χ3v) is 8.79. The Hall–Kier alpha value is -3.36. The molecule has 5 rings (SSSR count). The van der Waals surface area contributed by atoms with Crippen LogP contribution < -0.4 is 5.56 Å². The zero-order valence-corrected chi connectivity index (χ0v) is 22.0. The Morgan fingerprint density at radius 3 is 2.70 bits per heavy atom. The van der Waals surface area contributed by atoms with E-state index < -0.39 is 22.8 Å². The van der Waals surface area contributed by atoms with E-state index in [1.54, 1.807) is 0 Å². The van der Waals surface area contributed by atoms with Crippen LogP contribution in [0.4, 0.5) is 0 Å². The second kappa shape index (κ2) is 9.19. The SMILES string of the molecule is C=CC12CC(N(C)C)CC1CN(Cc1cc3cc(-c4[nH]c(=O)c(C(=O)O)c(O)c4CC)ccc3n1C)C2. The zero-order chi connectivity index (χ0) is 26.6. The summed E-state index contributed by atoms with van der Waals surface area (Å²) in [6.45, 7) is 8.98. The molecule has 1 saturated carbocycles. The van der Waals surface area contributed by atoms with E-state index in [0.29, 0.717) is 29.6 Å². The fraction of sp³-hybridized carbons (Fsp3) is 0.448. The van der Waals surface area contributed by atoms with Gasteiger partial charge in [0.05, 0.1) is 5.69 Å². The first kappa shape index (κ1) is 25.3. The van der Waals surface area contributed by atoms with Crippen molar-refractivity contribution in [3.05, 3.63) is 64.1 Å². The molecule has 8 nitrogen and oxygen atoms in total. The van der Waals surface area contributed by atoms with E-state index in [2.05, 4.69) is 59.2 Å². The maximum Gasteiger partial charge on any atom is 0.345 e. The van der Waals surface area contributed by atoms with Gasteiger partial charge in [0.2, 0.25) is 0 Å². The largest absolute Gasteiger partial charge is 0.506 e. The molecule has 0 radical (unpaired) electrons. The summed E-state index contributed by atoms with van der Waals surface area (Å²) in [6.07, 6.45) is 4.95. The molecule has 2 aliphatic rings. The molecule has 196 valence electrons. The topological polar surface area (TPSA) is 102 Å². The molecule has 3 atom stereocenters. The Balaban J connectivity index is 1.44. The number of benzene rings is 1. The summed E-state index contributed by atoms with van der Waals surface area (Å²) in [5.74, 6) is -1.27. The fourth-order valence-corrected chi connectivity index (χ4v) is 6.68. The third-order valence-electron chi connectivity index (χ3n) is 8.79. The Labute approximate surface area is 216 Å². The van der Waals surface area contributed by atoms with Gasteiger partial charge in [-0.15, -0.1) is 6.58 Å². The van der Waals surface area contributed by atoms with Crippen LogP contribution in [0.25, 0.3) is 22.2 Å². The molecule has 2 fully saturated rings. The van der Waals surface area contributed by atoms with Crippen LogP contribution >= 0.6 is 0 Å². The first-order chi connectivity index (χ1) is 17.6. The van der Waals surface area contributed by atoms with E-state index in [1.165, 1.54) is 12.1 Å². The maximum atomic E-state index is 12.4. The number of aromatic hydroxyl groups is 1. The number of hydrogen-bond donors (Lipinski definition) is 3. The number of rotatable bonds is 7. The van der Waals surface area contributed by atoms with Crippen LogP contribution in [-0.4, -0.2) is 68.8 Å². The van der Waals surface area contributed by atoms with Crippen molar-refractivity contribution in [1.82, 2.24) is 19.4 Å². The van der Waals surface area contributed by atoms with Crippen molar-refractivity contribution in [1.29, 1.82) is 0 Å². The van der Waals surface area contributed by atoms with Crippen molar-refractivity contribution < 1.29 is 15.0 Å². The van der Waals surface area contributed by atoms with E-state index in [-0.39, 0.29) is 5.41 Å². The lowest BCUT2D eigenvalue weighted by Crippen LogP contribution is -2.31. The smallest absolute Gasteiger partial charge is 0.345 e. The van der Waals surface area contributed by atoms with Gasteiger partial charge in [0.25, 0.3) is 5.56 Å². The molecule has 3 heterocycles. The molecule has 2 aromatic heterocycles. The number of carboxylic acids is 1.